The first-order valence-corrected chi connectivity index (χ1v) is 6.08. The van der Waals surface area contributed by atoms with Crippen molar-refractivity contribution < 1.29 is 0 Å². The molecule has 7 heteroatoms. The molecule has 2 N–H and O–H groups in total. The smallest absolute Gasteiger partial charge is 0.189 e. The van der Waals surface area contributed by atoms with Crippen LogP contribution in [0.25, 0.3) is 16.8 Å². The van der Waals surface area contributed by atoms with Crippen LogP contribution in [0.4, 0.5) is 0 Å². The number of aromatic nitrogens is 6. The van der Waals surface area contributed by atoms with E-state index < -0.39 is 0 Å². The third-order valence-corrected chi connectivity index (χ3v) is 3.71. The summed E-state index contributed by atoms with van der Waals surface area (Å²) in [5, 5.41) is 12.0. The SMILES string of the molecule is C[C@@H]1CNC[C@H]1c1nnc2c3[nH]cnc3ncn12. The van der Waals surface area contributed by atoms with Crippen LogP contribution in [0.1, 0.15) is 18.7 Å². The molecule has 1 aliphatic rings. The third-order valence-electron chi connectivity index (χ3n) is 3.71. The summed E-state index contributed by atoms with van der Waals surface area (Å²) in [6.45, 7) is 4.20. The molecular formula is C11H13N7. The van der Waals surface area contributed by atoms with E-state index in [1.54, 1.807) is 12.7 Å². The van der Waals surface area contributed by atoms with E-state index in [1.165, 1.54) is 0 Å². The van der Waals surface area contributed by atoms with Gasteiger partial charge in [-0.25, -0.2) is 9.97 Å². The first kappa shape index (κ1) is 9.95. The number of nitrogens with one attached hydrogen (secondary N) is 2. The van der Waals surface area contributed by atoms with Crippen molar-refractivity contribution in [3.05, 3.63) is 18.5 Å². The number of imidazole rings is 1. The molecule has 0 amide bonds. The van der Waals surface area contributed by atoms with Crippen molar-refractivity contribution in [2.24, 2.45) is 5.92 Å². The van der Waals surface area contributed by atoms with Gasteiger partial charge < -0.3 is 10.3 Å². The molecule has 4 rings (SSSR count). The quantitative estimate of drug-likeness (QED) is 0.643. The maximum atomic E-state index is 4.34. The van der Waals surface area contributed by atoms with Crippen LogP contribution in [-0.2, 0) is 0 Å². The predicted octanol–water partition coefficient (Wildman–Crippen LogP) is 0.323. The number of fused-ring (bicyclic) bond motifs is 3. The van der Waals surface area contributed by atoms with E-state index in [2.05, 4.69) is 37.4 Å². The maximum absolute atomic E-state index is 4.34. The molecule has 0 radical (unpaired) electrons. The number of nitrogens with zero attached hydrogens (tertiary/aromatic N) is 5. The maximum Gasteiger partial charge on any atom is 0.189 e. The van der Waals surface area contributed by atoms with Crippen LogP contribution < -0.4 is 5.32 Å². The molecule has 0 bridgehead atoms. The number of H-pyrrole nitrogens is 1. The first-order chi connectivity index (χ1) is 8.84. The van der Waals surface area contributed by atoms with E-state index in [0.29, 0.717) is 17.5 Å². The Morgan fingerprint density at radius 1 is 1.28 bits per heavy atom. The van der Waals surface area contributed by atoms with E-state index in [9.17, 15) is 0 Å². The fourth-order valence-corrected chi connectivity index (χ4v) is 2.66. The Balaban J connectivity index is 1.96. The molecule has 7 nitrogen and oxygen atoms in total. The lowest BCUT2D eigenvalue weighted by atomic mass is 9.97. The van der Waals surface area contributed by atoms with Crippen molar-refractivity contribution in [1.82, 2.24) is 34.9 Å². The summed E-state index contributed by atoms with van der Waals surface area (Å²) in [4.78, 5) is 11.5. The zero-order valence-corrected chi connectivity index (χ0v) is 9.96. The van der Waals surface area contributed by atoms with Gasteiger partial charge in [0.1, 0.15) is 17.7 Å². The largest absolute Gasteiger partial charge is 0.340 e. The van der Waals surface area contributed by atoms with Crippen LogP contribution in [0.2, 0.25) is 0 Å². The van der Waals surface area contributed by atoms with Gasteiger partial charge in [-0.1, -0.05) is 6.92 Å². The summed E-state index contributed by atoms with van der Waals surface area (Å²) in [6, 6.07) is 0. The van der Waals surface area contributed by atoms with Gasteiger partial charge in [0, 0.05) is 12.5 Å². The summed E-state index contributed by atoms with van der Waals surface area (Å²) in [6.07, 6.45) is 3.39. The molecular weight excluding hydrogens is 230 g/mol. The number of rotatable bonds is 1. The lowest BCUT2D eigenvalue weighted by molar-refractivity contribution is 0.541. The topological polar surface area (TPSA) is 83.8 Å². The van der Waals surface area contributed by atoms with Crippen LogP contribution in [0.15, 0.2) is 12.7 Å². The van der Waals surface area contributed by atoms with E-state index >= 15 is 0 Å². The summed E-state index contributed by atoms with van der Waals surface area (Å²) >= 11 is 0. The van der Waals surface area contributed by atoms with Gasteiger partial charge in [0.15, 0.2) is 11.3 Å². The third kappa shape index (κ3) is 1.22. The fraction of sp³-hybridized carbons (Fsp3) is 0.455. The Morgan fingerprint density at radius 3 is 3.06 bits per heavy atom. The molecule has 1 fully saturated rings. The molecule has 92 valence electrons. The average Bonchev–Trinajstić information content (AvgIpc) is 3.04. The van der Waals surface area contributed by atoms with Crippen molar-refractivity contribution in [2.75, 3.05) is 13.1 Å². The van der Waals surface area contributed by atoms with Gasteiger partial charge in [-0.3, -0.25) is 4.40 Å². The minimum atomic E-state index is 0.391. The first-order valence-electron chi connectivity index (χ1n) is 6.08. The Hall–Kier alpha value is -2.02. The van der Waals surface area contributed by atoms with Crippen LogP contribution in [-0.4, -0.2) is 42.6 Å². The van der Waals surface area contributed by atoms with Crippen LogP contribution in [0.3, 0.4) is 0 Å². The van der Waals surface area contributed by atoms with Gasteiger partial charge in [-0.15, -0.1) is 10.2 Å². The van der Waals surface area contributed by atoms with Crippen LogP contribution in [0, 0.1) is 5.92 Å². The fourth-order valence-electron chi connectivity index (χ4n) is 2.66. The standard InChI is InChI=1S/C11H13N7/c1-6-2-12-3-7(6)10-16-17-11-8-9(14-4-13-8)15-5-18(10)11/h4-7,12H,2-3H2,1H3,(H,13,14)/t6-,7-/m1/s1. The molecule has 3 aromatic heterocycles. The number of hydrogen-bond donors (Lipinski definition) is 2. The van der Waals surface area contributed by atoms with Crippen LogP contribution >= 0.6 is 0 Å². The Labute approximate surface area is 103 Å². The lowest BCUT2D eigenvalue weighted by Crippen LogP contribution is -2.12. The molecule has 0 spiro atoms. The van der Waals surface area contributed by atoms with Gasteiger partial charge in [0.25, 0.3) is 0 Å². The number of aromatic amines is 1. The average molecular weight is 243 g/mol. The molecule has 0 saturated carbocycles. The molecule has 3 aromatic rings. The summed E-state index contributed by atoms with van der Waals surface area (Å²) in [5.74, 6) is 1.93. The summed E-state index contributed by atoms with van der Waals surface area (Å²) in [7, 11) is 0. The molecule has 0 aliphatic carbocycles. The number of hydrogen-bond acceptors (Lipinski definition) is 5. The molecule has 18 heavy (non-hydrogen) atoms. The van der Waals surface area contributed by atoms with Gasteiger partial charge in [0.2, 0.25) is 0 Å². The van der Waals surface area contributed by atoms with E-state index in [-0.39, 0.29) is 0 Å². The normalized spacial score (nSPS) is 24.3. The highest BCUT2D eigenvalue weighted by Crippen LogP contribution is 2.27. The molecule has 1 aliphatic heterocycles. The minimum absolute atomic E-state index is 0.391. The van der Waals surface area contributed by atoms with Crippen molar-refractivity contribution in [1.29, 1.82) is 0 Å². The second-order valence-corrected chi connectivity index (χ2v) is 4.84. The summed E-state index contributed by atoms with van der Waals surface area (Å²) in [5.41, 5.74) is 2.32. The van der Waals surface area contributed by atoms with Crippen LogP contribution in [0.5, 0.6) is 0 Å². The van der Waals surface area contributed by atoms with Gasteiger partial charge in [-0.05, 0) is 12.5 Å². The van der Waals surface area contributed by atoms with E-state index in [0.717, 1.165) is 30.1 Å². The van der Waals surface area contributed by atoms with E-state index in [4.69, 9.17) is 0 Å². The zero-order chi connectivity index (χ0) is 12.1. The van der Waals surface area contributed by atoms with Crippen molar-refractivity contribution in [3.8, 4) is 0 Å². The highest BCUT2D eigenvalue weighted by molar-refractivity contribution is 5.84. The highest BCUT2D eigenvalue weighted by Gasteiger charge is 2.29. The van der Waals surface area contributed by atoms with Gasteiger partial charge >= 0.3 is 0 Å². The monoisotopic (exact) mass is 243 g/mol. The molecule has 0 aromatic carbocycles. The molecule has 0 unspecified atom stereocenters. The van der Waals surface area contributed by atoms with Crippen molar-refractivity contribution in [2.45, 2.75) is 12.8 Å². The minimum Gasteiger partial charge on any atom is -0.340 e. The van der Waals surface area contributed by atoms with Crippen molar-refractivity contribution in [3.63, 3.8) is 0 Å². The summed E-state index contributed by atoms with van der Waals surface area (Å²) < 4.78 is 1.97. The Morgan fingerprint density at radius 2 is 2.22 bits per heavy atom. The molecule has 4 heterocycles. The van der Waals surface area contributed by atoms with Gasteiger partial charge in [-0.2, -0.15) is 0 Å². The second-order valence-electron chi connectivity index (χ2n) is 4.84. The van der Waals surface area contributed by atoms with E-state index in [1.807, 2.05) is 4.40 Å². The lowest BCUT2D eigenvalue weighted by Gasteiger charge is -2.11. The zero-order valence-electron chi connectivity index (χ0n) is 9.96. The van der Waals surface area contributed by atoms with Gasteiger partial charge in [0.05, 0.1) is 6.33 Å². The van der Waals surface area contributed by atoms with Crippen molar-refractivity contribution >= 4 is 16.8 Å². The molecule has 1 saturated heterocycles. The predicted molar refractivity (Wildman–Crippen MR) is 65.2 cm³/mol. The Bertz CT molecular complexity index is 712. The highest BCUT2D eigenvalue weighted by atomic mass is 15.3. The molecule has 2 atom stereocenters. The Kier molecular flexibility index (Phi) is 1.93. The second kappa shape index (κ2) is 3.49.